The molecular weight excluding hydrogens is 498 g/mol. The predicted molar refractivity (Wildman–Crippen MR) is 129 cm³/mol. The number of hydrogen-bond donors (Lipinski definition) is 3. The Morgan fingerprint density at radius 1 is 1.23 bits per heavy atom. The van der Waals surface area contributed by atoms with Crippen LogP contribution in [0, 0.1) is 0 Å². The van der Waals surface area contributed by atoms with Crippen molar-refractivity contribution in [2.75, 3.05) is 12.3 Å². The van der Waals surface area contributed by atoms with Gasteiger partial charge in [-0.3, -0.25) is 0 Å². The fraction of sp³-hybridized carbons (Fsp3) is 0.545. The topological polar surface area (TPSA) is 79.5 Å². The van der Waals surface area contributed by atoms with Crippen LogP contribution in [0.25, 0.3) is 0 Å². The summed E-state index contributed by atoms with van der Waals surface area (Å²) in [5.74, 6) is 0.481. The largest absolute Gasteiger partial charge is 0.459 e. The van der Waals surface area contributed by atoms with E-state index in [0.29, 0.717) is 17.1 Å². The molecule has 0 fully saturated rings. The van der Waals surface area contributed by atoms with Gasteiger partial charge in [0.05, 0.1) is 20.5 Å². The zero-order valence-electron chi connectivity index (χ0n) is 17.9. The second kappa shape index (κ2) is 10.1. The lowest BCUT2D eigenvalue weighted by molar-refractivity contribution is -0.142. The number of nitrogens with one attached hydrogen (secondary N) is 3. The summed E-state index contributed by atoms with van der Waals surface area (Å²) in [6.45, 7) is 5.99. The van der Waals surface area contributed by atoms with E-state index in [1.54, 1.807) is 11.3 Å². The van der Waals surface area contributed by atoms with E-state index >= 15 is 0 Å². The maximum Gasteiger partial charge on any atom is 0.341 e. The van der Waals surface area contributed by atoms with Gasteiger partial charge in [-0.15, -0.1) is 23.1 Å². The van der Waals surface area contributed by atoms with Crippen LogP contribution < -0.4 is 16.0 Å². The van der Waals surface area contributed by atoms with Gasteiger partial charge in [0.2, 0.25) is 0 Å². The molecule has 9 heteroatoms. The van der Waals surface area contributed by atoms with Crippen molar-refractivity contribution in [2.24, 2.45) is 0 Å². The first-order valence-electron chi connectivity index (χ1n) is 10.8. The maximum absolute atomic E-state index is 12.9. The molecule has 3 heterocycles. The first-order valence-corrected chi connectivity index (χ1v) is 13.4. The van der Waals surface area contributed by atoms with Crippen molar-refractivity contribution in [3.8, 4) is 0 Å². The van der Waals surface area contributed by atoms with Gasteiger partial charge in [-0.05, 0) is 85.1 Å². The summed E-state index contributed by atoms with van der Waals surface area (Å²) in [6.07, 6.45) is 4.88. The Bertz CT molecular complexity index is 952. The van der Waals surface area contributed by atoms with Gasteiger partial charge < -0.3 is 20.7 Å². The number of carbonyl (C=O) groups excluding carboxylic acids is 2. The van der Waals surface area contributed by atoms with E-state index in [0.717, 1.165) is 65.9 Å². The molecule has 1 aromatic heterocycles. The molecule has 3 aliphatic rings. The summed E-state index contributed by atoms with van der Waals surface area (Å²) < 4.78 is 6.60. The van der Waals surface area contributed by atoms with E-state index in [1.807, 2.05) is 13.8 Å². The highest BCUT2D eigenvalue weighted by molar-refractivity contribution is 9.11. The van der Waals surface area contributed by atoms with Crippen LogP contribution in [0.2, 0.25) is 0 Å². The summed E-state index contributed by atoms with van der Waals surface area (Å²) in [4.78, 5) is 27.0. The Hall–Kier alpha value is -1.29. The van der Waals surface area contributed by atoms with Crippen LogP contribution in [0.4, 0.5) is 4.79 Å². The lowest BCUT2D eigenvalue weighted by Gasteiger charge is -2.28. The number of amides is 2. The molecule has 168 valence electrons. The van der Waals surface area contributed by atoms with E-state index in [9.17, 15) is 9.59 Å². The van der Waals surface area contributed by atoms with Gasteiger partial charge in [0.25, 0.3) is 0 Å². The molecule has 0 unspecified atom stereocenters. The van der Waals surface area contributed by atoms with Crippen LogP contribution in [0.1, 0.15) is 55.5 Å². The monoisotopic (exact) mass is 525 g/mol. The number of halogens is 1. The number of urea groups is 1. The average molecular weight is 527 g/mol. The molecule has 0 saturated carbocycles. The maximum atomic E-state index is 12.9. The van der Waals surface area contributed by atoms with Crippen molar-refractivity contribution in [3.63, 3.8) is 0 Å². The molecule has 31 heavy (non-hydrogen) atoms. The molecule has 0 atom stereocenters. The Kier molecular flexibility index (Phi) is 7.46. The van der Waals surface area contributed by atoms with Crippen molar-refractivity contribution < 1.29 is 14.3 Å². The fourth-order valence-corrected chi connectivity index (χ4v) is 7.42. The Labute approximate surface area is 199 Å². The molecule has 0 spiro atoms. The number of fused-ring (bicyclic) bond motifs is 1. The Balaban J connectivity index is 1.50. The quantitative estimate of drug-likeness (QED) is 0.484. The van der Waals surface area contributed by atoms with Crippen molar-refractivity contribution in [1.82, 2.24) is 16.0 Å². The van der Waals surface area contributed by atoms with Gasteiger partial charge in [-0.2, -0.15) is 0 Å². The van der Waals surface area contributed by atoms with Crippen LogP contribution in [0.5, 0.6) is 0 Å². The van der Waals surface area contributed by atoms with Crippen molar-refractivity contribution in [3.05, 3.63) is 41.5 Å². The molecule has 0 aromatic carbocycles. The van der Waals surface area contributed by atoms with Crippen LogP contribution >= 0.6 is 39.0 Å². The number of hydrogen-bond acceptors (Lipinski definition) is 6. The second-order valence-electron chi connectivity index (χ2n) is 8.23. The highest BCUT2D eigenvalue weighted by atomic mass is 79.9. The lowest BCUT2D eigenvalue weighted by atomic mass is 9.88. The Morgan fingerprint density at radius 3 is 2.84 bits per heavy atom. The smallest absolute Gasteiger partial charge is 0.341 e. The van der Waals surface area contributed by atoms with Crippen LogP contribution in [0.15, 0.2) is 25.5 Å². The summed E-state index contributed by atoms with van der Waals surface area (Å²) in [5, 5.41) is 9.93. The first-order chi connectivity index (χ1) is 14.9. The van der Waals surface area contributed by atoms with Crippen molar-refractivity contribution >= 4 is 51.0 Å². The van der Waals surface area contributed by atoms with Gasteiger partial charge in [-0.1, -0.05) is 5.57 Å². The lowest BCUT2D eigenvalue weighted by Crippen LogP contribution is -2.36. The molecule has 3 N–H and O–H groups in total. The molecular formula is C22H28BrN3O3S2. The minimum absolute atomic E-state index is 0.203. The molecule has 0 bridgehead atoms. The number of thioether (sulfide) groups is 1. The van der Waals surface area contributed by atoms with Gasteiger partial charge in [-0.25, -0.2) is 9.59 Å². The summed E-state index contributed by atoms with van der Waals surface area (Å²) in [7, 11) is 0. The Morgan fingerprint density at radius 2 is 2.03 bits per heavy atom. The van der Waals surface area contributed by atoms with Gasteiger partial charge in [0.15, 0.2) is 0 Å². The predicted octanol–water partition coefficient (Wildman–Crippen LogP) is 4.74. The molecule has 2 amide bonds. The van der Waals surface area contributed by atoms with Crippen LogP contribution in [-0.2, 0) is 29.0 Å². The minimum Gasteiger partial charge on any atom is -0.459 e. The van der Waals surface area contributed by atoms with Crippen LogP contribution in [-0.4, -0.2) is 30.4 Å². The van der Waals surface area contributed by atoms with E-state index < -0.39 is 0 Å². The molecule has 0 radical (unpaired) electrons. The molecule has 4 rings (SSSR count). The van der Waals surface area contributed by atoms with E-state index in [1.165, 1.54) is 27.8 Å². The SMILES string of the molecule is CC(C)OC(=O)C1=C(NC(=O)NCc2c(Br)sc3c2CCNC3)SCC2=C1CCCC2. The molecule has 1 aliphatic carbocycles. The van der Waals surface area contributed by atoms with E-state index in [-0.39, 0.29) is 18.1 Å². The number of rotatable bonds is 5. The zero-order valence-corrected chi connectivity index (χ0v) is 21.1. The molecule has 6 nitrogen and oxygen atoms in total. The third kappa shape index (κ3) is 5.21. The number of ether oxygens (including phenoxy) is 1. The standard InChI is InChI=1S/C22H28BrN3O3S2/c1-12(2)29-21(27)18-14-6-4-3-5-13(14)11-30-20(18)26-22(28)25-9-16-15-7-8-24-10-17(15)31-19(16)23/h12,24H,3-11H2,1-2H3,(H2,25,26,28). The van der Waals surface area contributed by atoms with E-state index in [4.69, 9.17) is 4.74 Å². The van der Waals surface area contributed by atoms with Gasteiger partial charge in [0.1, 0.15) is 0 Å². The summed E-state index contributed by atoms with van der Waals surface area (Å²) >= 11 is 6.91. The number of esters is 1. The third-order valence-electron chi connectivity index (χ3n) is 5.69. The zero-order chi connectivity index (χ0) is 22.0. The number of thiophene rings is 1. The fourth-order valence-electron chi connectivity index (χ4n) is 4.24. The molecule has 0 saturated heterocycles. The second-order valence-corrected chi connectivity index (χ2v) is 11.6. The first kappa shape index (κ1) is 22.9. The van der Waals surface area contributed by atoms with Crippen LogP contribution in [0.3, 0.4) is 0 Å². The highest BCUT2D eigenvalue weighted by Crippen LogP contribution is 2.40. The average Bonchev–Trinajstić information content (AvgIpc) is 3.06. The van der Waals surface area contributed by atoms with Crippen molar-refractivity contribution in [2.45, 2.75) is 65.1 Å². The summed E-state index contributed by atoms with van der Waals surface area (Å²) in [6, 6.07) is -0.294. The third-order valence-corrected chi connectivity index (χ3v) is 8.80. The van der Waals surface area contributed by atoms with Gasteiger partial charge >= 0.3 is 12.0 Å². The molecule has 2 aliphatic heterocycles. The normalized spacial score (nSPS) is 18.6. The number of carbonyl (C=O) groups is 2. The molecule has 1 aromatic rings. The summed E-state index contributed by atoms with van der Waals surface area (Å²) in [5.41, 5.74) is 5.43. The minimum atomic E-state index is -0.339. The highest BCUT2D eigenvalue weighted by Gasteiger charge is 2.31. The van der Waals surface area contributed by atoms with E-state index in [2.05, 4.69) is 31.9 Å². The van der Waals surface area contributed by atoms with Gasteiger partial charge in [0, 0.05) is 23.7 Å². The van der Waals surface area contributed by atoms with Crippen molar-refractivity contribution in [1.29, 1.82) is 0 Å².